The number of nitrogens with one attached hydrogen (secondary N) is 1. The third-order valence-corrected chi connectivity index (χ3v) is 4.52. The number of carboxylic acid groups (broad SMARTS) is 1. The predicted octanol–water partition coefficient (Wildman–Crippen LogP) is 2.03. The minimum Gasteiger partial charge on any atom is -0.481 e. The van der Waals surface area contributed by atoms with Crippen LogP contribution in [0.25, 0.3) is 0 Å². The normalized spacial score (nSPS) is 23.6. The smallest absolute Gasteiger partial charge is 0.307 e. The van der Waals surface area contributed by atoms with Gasteiger partial charge in [0.25, 0.3) is 0 Å². The first-order valence-corrected chi connectivity index (χ1v) is 7.41. The number of amides is 1. The summed E-state index contributed by atoms with van der Waals surface area (Å²) in [4.78, 5) is 23.2. The molecule has 2 rings (SSSR count). The van der Waals surface area contributed by atoms with Gasteiger partial charge in [-0.3, -0.25) is 9.59 Å². The van der Waals surface area contributed by atoms with E-state index in [-0.39, 0.29) is 5.91 Å². The number of aromatic nitrogens is 2. The fourth-order valence-corrected chi connectivity index (χ4v) is 3.46. The molecule has 1 heterocycles. The molecule has 110 valence electrons. The maximum absolute atomic E-state index is 12.1. The summed E-state index contributed by atoms with van der Waals surface area (Å²) in [7, 11) is 0. The average molecular weight is 297 g/mol. The second kappa shape index (κ2) is 5.12. The van der Waals surface area contributed by atoms with E-state index in [1.165, 1.54) is 11.3 Å². The topological polar surface area (TPSA) is 92.2 Å². The minimum absolute atomic E-state index is 0.283. The maximum atomic E-state index is 12.1. The Morgan fingerprint density at radius 3 is 2.50 bits per heavy atom. The summed E-state index contributed by atoms with van der Waals surface area (Å²) in [5, 5.41) is 21.0. The zero-order chi connectivity index (χ0) is 15.1. The van der Waals surface area contributed by atoms with Crippen LogP contribution in [0, 0.1) is 23.2 Å². The quantitative estimate of drug-likeness (QED) is 0.867. The molecule has 1 fully saturated rings. The van der Waals surface area contributed by atoms with Gasteiger partial charge in [-0.2, -0.15) is 0 Å². The lowest BCUT2D eigenvalue weighted by molar-refractivity contribution is -0.140. The van der Waals surface area contributed by atoms with E-state index in [0.717, 1.165) is 11.4 Å². The van der Waals surface area contributed by atoms with Crippen LogP contribution in [-0.4, -0.2) is 27.2 Å². The van der Waals surface area contributed by atoms with E-state index in [0.29, 0.717) is 11.0 Å². The molecule has 2 N–H and O–H groups in total. The summed E-state index contributed by atoms with van der Waals surface area (Å²) in [5.41, 5.74) is -0.499. The fourth-order valence-electron chi connectivity index (χ4n) is 2.51. The molecule has 0 radical (unpaired) electrons. The van der Waals surface area contributed by atoms with Gasteiger partial charge < -0.3 is 10.4 Å². The van der Waals surface area contributed by atoms with Crippen molar-refractivity contribution in [3.8, 4) is 0 Å². The van der Waals surface area contributed by atoms with Gasteiger partial charge in [-0.15, -0.1) is 10.2 Å². The van der Waals surface area contributed by atoms with Crippen molar-refractivity contribution in [1.82, 2.24) is 10.2 Å². The molecular weight excluding hydrogens is 278 g/mol. The van der Waals surface area contributed by atoms with Gasteiger partial charge in [0.1, 0.15) is 5.01 Å². The molecule has 0 bridgehead atoms. The number of carbonyl (C=O) groups is 2. The summed E-state index contributed by atoms with van der Waals surface area (Å²) in [6.07, 6.45) is 0.820. The second-order valence-electron chi connectivity index (χ2n) is 6.20. The first kappa shape index (κ1) is 14.9. The van der Waals surface area contributed by atoms with Crippen LogP contribution in [0.1, 0.15) is 32.7 Å². The average Bonchev–Trinajstić information content (AvgIpc) is 2.63. The number of aliphatic carboxylic acids is 1. The van der Waals surface area contributed by atoms with Crippen LogP contribution in [-0.2, 0) is 16.0 Å². The number of nitrogens with zero attached hydrogens (tertiary/aromatic N) is 2. The van der Waals surface area contributed by atoms with Gasteiger partial charge in [0.15, 0.2) is 0 Å². The van der Waals surface area contributed by atoms with E-state index in [1.807, 2.05) is 0 Å². The van der Waals surface area contributed by atoms with Gasteiger partial charge >= 0.3 is 5.97 Å². The molecule has 0 aromatic carbocycles. The lowest BCUT2D eigenvalue weighted by atomic mass is 10.1. The molecular formula is C13H19N3O3S. The van der Waals surface area contributed by atoms with Crippen molar-refractivity contribution in [2.75, 3.05) is 5.32 Å². The Labute approximate surface area is 121 Å². The largest absolute Gasteiger partial charge is 0.481 e. The lowest BCUT2D eigenvalue weighted by Gasteiger charge is -2.01. The van der Waals surface area contributed by atoms with E-state index >= 15 is 0 Å². The summed E-state index contributed by atoms with van der Waals surface area (Å²) >= 11 is 1.34. The summed E-state index contributed by atoms with van der Waals surface area (Å²) in [6, 6.07) is 0. The van der Waals surface area contributed by atoms with Crippen molar-refractivity contribution in [3.63, 3.8) is 0 Å². The Kier molecular flexibility index (Phi) is 3.82. The van der Waals surface area contributed by atoms with Crippen molar-refractivity contribution in [1.29, 1.82) is 0 Å². The van der Waals surface area contributed by atoms with Crippen LogP contribution < -0.4 is 5.32 Å². The van der Waals surface area contributed by atoms with Gasteiger partial charge in [0.2, 0.25) is 11.0 Å². The Balaban J connectivity index is 1.99. The van der Waals surface area contributed by atoms with Crippen LogP contribution in [0.2, 0.25) is 0 Å². The maximum Gasteiger partial charge on any atom is 0.307 e. The number of carbonyl (C=O) groups excluding carboxylic acids is 1. The highest BCUT2D eigenvalue weighted by Gasteiger charge is 2.66. The van der Waals surface area contributed by atoms with Gasteiger partial charge in [-0.25, -0.2) is 0 Å². The van der Waals surface area contributed by atoms with Gasteiger partial charge in [-0.05, 0) is 11.3 Å². The Bertz CT molecular complexity index is 539. The van der Waals surface area contributed by atoms with Crippen LogP contribution in [0.5, 0.6) is 0 Å². The molecule has 0 aliphatic heterocycles. The molecule has 1 aliphatic carbocycles. The van der Waals surface area contributed by atoms with E-state index in [1.54, 1.807) is 13.8 Å². The number of hydrogen-bond donors (Lipinski definition) is 2. The van der Waals surface area contributed by atoms with Crippen LogP contribution in [0.4, 0.5) is 5.13 Å². The molecule has 1 saturated carbocycles. The molecule has 1 amide bonds. The molecule has 6 nitrogen and oxygen atoms in total. The van der Waals surface area contributed by atoms with Crippen LogP contribution in [0.15, 0.2) is 0 Å². The minimum atomic E-state index is -0.923. The monoisotopic (exact) mass is 297 g/mol. The highest BCUT2D eigenvalue weighted by molar-refractivity contribution is 7.15. The van der Waals surface area contributed by atoms with Crippen molar-refractivity contribution in [3.05, 3.63) is 5.01 Å². The van der Waals surface area contributed by atoms with Gasteiger partial charge in [0.05, 0.1) is 11.8 Å². The molecule has 20 heavy (non-hydrogen) atoms. The molecule has 1 aliphatic rings. The number of anilines is 1. The molecule has 0 saturated heterocycles. The SMILES string of the molecule is CC(C)Cc1nnc(NC(=O)C2C(C(=O)O)C2(C)C)s1. The second-order valence-corrected chi connectivity index (χ2v) is 7.27. The lowest BCUT2D eigenvalue weighted by Crippen LogP contribution is -2.17. The highest BCUT2D eigenvalue weighted by atomic mass is 32.1. The zero-order valence-corrected chi connectivity index (χ0v) is 12.8. The third-order valence-electron chi connectivity index (χ3n) is 3.66. The summed E-state index contributed by atoms with van der Waals surface area (Å²) < 4.78 is 0. The number of hydrogen-bond acceptors (Lipinski definition) is 5. The first-order chi connectivity index (χ1) is 9.23. The Hall–Kier alpha value is -1.50. The molecule has 7 heteroatoms. The van der Waals surface area contributed by atoms with E-state index in [2.05, 4.69) is 29.4 Å². The number of carboxylic acids is 1. The Morgan fingerprint density at radius 2 is 2.00 bits per heavy atom. The van der Waals surface area contributed by atoms with Crippen molar-refractivity contribution >= 4 is 28.3 Å². The van der Waals surface area contributed by atoms with Crippen molar-refractivity contribution in [2.24, 2.45) is 23.2 Å². The fraction of sp³-hybridized carbons (Fsp3) is 0.692. The molecule has 0 spiro atoms. The molecule has 1 aromatic rings. The number of rotatable bonds is 5. The molecule has 2 unspecified atom stereocenters. The summed E-state index contributed by atoms with van der Waals surface area (Å²) in [5.74, 6) is -1.85. The molecule has 2 atom stereocenters. The van der Waals surface area contributed by atoms with E-state index in [4.69, 9.17) is 5.11 Å². The third kappa shape index (κ3) is 2.82. The predicted molar refractivity (Wildman–Crippen MR) is 75.5 cm³/mol. The Morgan fingerprint density at radius 1 is 1.35 bits per heavy atom. The van der Waals surface area contributed by atoms with E-state index < -0.39 is 23.2 Å². The van der Waals surface area contributed by atoms with Gasteiger partial charge in [-0.1, -0.05) is 39.0 Å². The first-order valence-electron chi connectivity index (χ1n) is 6.59. The van der Waals surface area contributed by atoms with Crippen LogP contribution >= 0.6 is 11.3 Å². The molecule has 1 aromatic heterocycles. The van der Waals surface area contributed by atoms with Gasteiger partial charge in [0, 0.05) is 6.42 Å². The van der Waals surface area contributed by atoms with Crippen molar-refractivity contribution in [2.45, 2.75) is 34.1 Å². The van der Waals surface area contributed by atoms with Crippen molar-refractivity contribution < 1.29 is 14.7 Å². The zero-order valence-electron chi connectivity index (χ0n) is 12.0. The summed E-state index contributed by atoms with van der Waals surface area (Å²) in [6.45, 7) is 7.76. The highest BCUT2D eigenvalue weighted by Crippen LogP contribution is 2.58. The standard InChI is InChI=1S/C13H19N3O3S/c1-6(2)5-7-15-16-12(20-7)14-10(17)8-9(11(18)19)13(8,3)4/h6,8-9H,5H2,1-4H3,(H,18,19)(H,14,16,17). The van der Waals surface area contributed by atoms with E-state index in [9.17, 15) is 9.59 Å². The van der Waals surface area contributed by atoms with Crippen LogP contribution in [0.3, 0.4) is 0 Å².